The highest BCUT2D eigenvalue weighted by Crippen LogP contribution is 2.35. The summed E-state index contributed by atoms with van der Waals surface area (Å²) in [7, 11) is 0. The van der Waals surface area contributed by atoms with Crippen molar-refractivity contribution < 1.29 is 18.3 Å². The van der Waals surface area contributed by atoms with E-state index in [1.807, 2.05) is 24.7 Å². The zero-order valence-electron chi connectivity index (χ0n) is 14.3. The van der Waals surface area contributed by atoms with Gasteiger partial charge in [-0.15, -0.1) is 0 Å². The minimum atomic E-state index is -3.43. The maximum Gasteiger partial charge on any atom is 0.329 e. The molecule has 2 aliphatic heterocycles. The van der Waals surface area contributed by atoms with Crippen LogP contribution in [0.25, 0.3) is 0 Å². The number of halogens is 2. The van der Waals surface area contributed by atoms with Crippen molar-refractivity contribution in [1.29, 1.82) is 0 Å². The van der Waals surface area contributed by atoms with Gasteiger partial charge < -0.3 is 14.6 Å². The Balaban J connectivity index is 1.46. The molecule has 4 rings (SSSR count). The average Bonchev–Trinajstić information content (AvgIpc) is 3.34. The molecule has 2 aromatic rings. The number of carbonyl (C=O) groups is 1. The van der Waals surface area contributed by atoms with Crippen LogP contribution in [-0.4, -0.2) is 34.6 Å². The molecule has 5 nitrogen and oxygen atoms in total. The van der Waals surface area contributed by atoms with Crippen LogP contribution in [0.2, 0.25) is 0 Å². The molecule has 0 saturated carbocycles. The summed E-state index contributed by atoms with van der Waals surface area (Å²) in [5.41, 5.74) is 2.64. The Labute approximate surface area is 150 Å². The van der Waals surface area contributed by atoms with Gasteiger partial charge in [0.25, 0.3) is 5.91 Å². The van der Waals surface area contributed by atoms with Crippen LogP contribution in [-0.2, 0) is 16.1 Å². The average molecular weight is 361 g/mol. The van der Waals surface area contributed by atoms with Gasteiger partial charge in [-0.3, -0.25) is 4.79 Å². The van der Waals surface area contributed by atoms with E-state index in [0.717, 1.165) is 24.9 Å². The van der Waals surface area contributed by atoms with Crippen molar-refractivity contribution in [2.75, 3.05) is 18.5 Å². The Morgan fingerprint density at radius 2 is 2.08 bits per heavy atom. The van der Waals surface area contributed by atoms with E-state index in [1.165, 1.54) is 5.69 Å². The molecular formula is C19H21F2N3O2. The quantitative estimate of drug-likeness (QED) is 0.908. The predicted octanol–water partition coefficient (Wildman–Crippen LogP) is 3.42. The summed E-state index contributed by atoms with van der Waals surface area (Å²) >= 11 is 0. The van der Waals surface area contributed by atoms with Crippen LogP contribution in [0.4, 0.5) is 14.5 Å². The standard InChI is InChI=1S/C19H21F2N3O2/c20-19(21,14-7-9-26-11-14)18(25)23-15-5-3-13(4-6-15)16-2-1-8-24-12-22-10-17(16)24/h3-6,10,12,14,16H,1-2,7-9,11H2,(H,23,25). The summed E-state index contributed by atoms with van der Waals surface area (Å²) in [4.78, 5) is 16.2. The van der Waals surface area contributed by atoms with Crippen molar-refractivity contribution in [1.82, 2.24) is 9.55 Å². The number of rotatable bonds is 4. The van der Waals surface area contributed by atoms with Crippen molar-refractivity contribution in [2.24, 2.45) is 5.92 Å². The Bertz CT molecular complexity index is 782. The lowest BCUT2D eigenvalue weighted by atomic mass is 9.89. The Hall–Kier alpha value is -2.28. The van der Waals surface area contributed by atoms with E-state index < -0.39 is 17.7 Å². The molecule has 1 aromatic heterocycles. The van der Waals surface area contributed by atoms with Gasteiger partial charge in [-0.1, -0.05) is 12.1 Å². The van der Waals surface area contributed by atoms with E-state index in [1.54, 1.807) is 12.1 Å². The molecule has 2 atom stereocenters. The molecule has 0 aliphatic carbocycles. The normalized spacial score (nSPS) is 22.8. The lowest BCUT2D eigenvalue weighted by Crippen LogP contribution is -2.41. The topological polar surface area (TPSA) is 56.2 Å². The van der Waals surface area contributed by atoms with Crippen LogP contribution in [0, 0.1) is 5.92 Å². The van der Waals surface area contributed by atoms with Crippen molar-refractivity contribution >= 4 is 11.6 Å². The van der Waals surface area contributed by atoms with Crippen LogP contribution in [0.5, 0.6) is 0 Å². The molecule has 138 valence electrons. The van der Waals surface area contributed by atoms with Crippen LogP contribution >= 0.6 is 0 Å². The number of hydrogen-bond acceptors (Lipinski definition) is 3. The largest absolute Gasteiger partial charge is 0.381 e. The van der Waals surface area contributed by atoms with Crippen LogP contribution < -0.4 is 5.32 Å². The van der Waals surface area contributed by atoms with E-state index in [2.05, 4.69) is 14.9 Å². The zero-order chi connectivity index (χ0) is 18.1. The minimum absolute atomic E-state index is 0.0747. The third kappa shape index (κ3) is 3.11. The van der Waals surface area contributed by atoms with Gasteiger partial charge in [-0.25, -0.2) is 4.98 Å². The number of nitrogens with one attached hydrogen (secondary N) is 1. The molecule has 1 fully saturated rings. The van der Waals surface area contributed by atoms with Gasteiger partial charge in [-0.2, -0.15) is 8.78 Å². The van der Waals surface area contributed by atoms with E-state index in [0.29, 0.717) is 5.69 Å². The van der Waals surface area contributed by atoms with Crippen LogP contribution in [0.15, 0.2) is 36.8 Å². The highest BCUT2D eigenvalue weighted by atomic mass is 19.3. The first-order valence-corrected chi connectivity index (χ1v) is 8.92. The highest BCUT2D eigenvalue weighted by Gasteiger charge is 2.48. The van der Waals surface area contributed by atoms with Crippen LogP contribution in [0.1, 0.15) is 36.4 Å². The van der Waals surface area contributed by atoms with Gasteiger partial charge in [0.1, 0.15) is 0 Å². The summed E-state index contributed by atoms with van der Waals surface area (Å²) in [5.74, 6) is -5.50. The molecular weight excluding hydrogens is 340 g/mol. The SMILES string of the molecule is O=C(Nc1ccc(C2CCCn3cncc32)cc1)C(F)(F)C1CCOC1. The summed E-state index contributed by atoms with van der Waals surface area (Å²) in [6.45, 7) is 1.18. The number of ether oxygens (including phenoxy) is 1. The fourth-order valence-electron chi connectivity index (χ4n) is 3.78. The fourth-order valence-corrected chi connectivity index (χ4v) is 3.78. The van der Waals surface area contributed by atoms with Crippen molar-refractivity contribution in [3.8, 4) is 0 Å². The minimum Gasteiger partial charge on any atom is -0.381 e. The predicted molar refractivity (Wildman–Crippen MR) is 92.2 cm³/mol. The second-order valence-corrected chi connectivity index (χ2v) is 6.97. The molecule has 3 heterocycles. The van der Waals surface area contributed by atoms with Gasteiger partial charge in [-0.05, 0) is 37.0 Å². The molecule has 2 unspecified atom stereocenters. The first-order valence-electron chi connectivity index (χ1n) is 8.92. The van der Waals surface area contributed by atoms with Gasteiger partial charge in [0.05, 0.1) is 18.9 Å². The van der Waals surface area contributed by atoms with Gasteiger partial charge in [0.15, 0.2) is 0 Å². The lowest BCUT2D eigenvalue weighted by Gasteiger charge is -2.25. The van der Waals surface area contributed by atoms with Gasteiger partial charge in [0.2, 0.25) is 0 Å². The van der Waals surface area contributed by atoms with Gasteiger partial charge >= 0.3 is 5.92 Å². The number of benzene rings is 1. The van der Waals surface area contributed by atoms with Crippen molar-refractivity contribution in [3.05, 3.63) is 48.0 Å². The molecule has 7 heteroatoms. The third-order valence-electron chi connectivity index (χ3n) is 5.31. The second-order valence-electron chi connectivity index (χ2n) is 6.97. The second kappa shape index (κ2) is 6.79. The number of imidazole rings is 1. The third-order valence-corrected chi connectivity index (χ3v) is 5.31. The zero-order valence-corrected chi connectivity index (χ0v) is 14.3. The Kier molecular flexibility index (Phi) is 4.48. The molecule has 0 radical (unpaired) electrons. The number of amides is 1. The molecule has 2 aliphatic rings. The monoisotopic (exact) mass is 361 g/mol. The summed E-state index contributed by atoms with van der Waals surface area (Å²) in [6.07, 6.45) is 6.02. The van der Waals surface area contributed by atoms with Crippen molar-refractivity contribution in [2.45, 2.75) is 37.6 Å². The lowest BCUT2D eigenvalue weighted by molar-refractivity contribution is -0.147. The first kappa shape index (κ1) is 17.1. The number of aryl methyl sites for hydroxylation is 1. The molecule has 1 saturated heterocycles. The molecule has 1 N–H and O–H groups in total. The highest BCUT2D eigenvalue weighted by molar-refractivity contribution is 5.96. The number of fused-ring (bicyclic) bond motifs is 1. The maximum atomic E-state index is 14.2. The van der Waals surface area contributed by atoms with Crippen molar-refractivity contribution in [3.63, 3.8) is 0 Å². The van der Waals surface area contributed by atoms with E-state index >= 15 is 0 Å². The number of anilines is 1. The Morgan fingerprint density at radius 1 is 1.27 bits per heavy atom. The summed E-state index contributed by atoms with van der Waals surface area (Å²) < 4.78 is 35.5. The summed E-state index contributed by atoms with van der Waals surface area (Å²) in [6, 6.07) is 7.15. The molecule has 0 bridgehead atoms. The fraction of sp³-hybridized carbons (Fsp3) is 0.474. The number of aromatic nitrogens is 2. The number of hydrogen-bond donors (Lipinski definition) is 1. The molecule has 1 aromatic carbocycles. The number of alkyl halides is 2. The van der Waals surface area contributed by atoms with Gasteiger partial charge in [0, 0.05) is 36.6 Å². The van der Waals surface area contributed by atoms with E-state index in [9.17, 15) is 13.6 Å². The first-order chi connectivity index (χ1) is 12.6. The van der Waals surface area contributed by atoms with E-state index in [4.69, 9.17) is 4.74 Å². The smallest absolute Gasteiger partial charge is 0.329 e. The van der Waals surface area contributed by atoms with Crippen LogP contribution in [0.3, 0.4) is 0 Å². The number of nitrogens with zero attached hydrogens (tertiary/aromatic N) is 2. The maximum absolute atomic E-state index is 14.2. The molecule has 26 heavy (non-hydrogen) atoms. The molecule has 0 spiro atoms. The number of carbonyl (C=O) groups excluding carboxylic acids is 1. The molecule has 1 amide bonds. The Morgan fingerprint density at radius 3 is 2.81 bits per heavy atom. The summed E-state index contributed by atoms with van der Waals surface area (Å²) in [5, 5.41) is 2.34. The van der Waals surface area contributed by atoms with E-state index in [-0.39, 0.29) is 25.6 Å².